The quantitative estimate of drug-likeness (QED) is 0.218. The molecule has 0 aromatic heterocycles. The highest BCUT2D eigenvalue weighted by molar-refractivity contribution is 7.77. The molecular formula is C20H34O6P2. The number of hydrogen-bond donors (Lipinski definition) is 4. The van der Waals surface area contributed by atoms with Crippen LogP contribution in [0.4, 0.5) is 0 Å². The van der Waals surface area contributed by atoms with E-state index < -0.39 is 20.2 Å². The van der Waals surface area contributed by atoms with Crippen molar-refractivity contribution in [3.8, 4) is 0 Å². The van der Waals surface area contributed by atoms with Gasteiger partial charge in [0.2, 0.25) is 0 Å². The van der Waals surface area contributed by atoms with Crippen molar-refractivity contribution >= 4 is 21.3 Å². The Hall–Kier alpha value is -0.740. The number of unbranched alkanes of at least 4 members (excludes halogenated alkanes) is 9. The first-order chi connectivity index (χ1) is 13.1. The third kappa shape index (κ3) is 10.7. The van der Waals surface area contributed by atoms with Gasteiger partial charge in [-0.05, 0) is 30.0 Å². The molecule has 0 bridgehead atoms. The van der Waals surface area contributed by atoms with Crippen molar-refractivity contribution in [2.75, 3.05) is 0 Å². The van der Waals surface area contributed by atoms with Crippen LogP contribution in [0.1, 0.15) is 82.3 Å². The van der Waals surface area contributed by atoms with Gasteiger partial charge >= 0.3 is 15.2 Å². The van der Waals surface area contributed by atoms with E-state index in [2.05, 4.69) is 6.92 Å². The molecular weight excluding hydrogens is 398 g/mol. The monoisotopic (exact) mass is 432 g/mol. The molecule has 0 unspecified atom stereocenters. The van der Waals surface area contributed by atoms with Crippen LogP contribution in [0.5, 0.6) is 0 Å². The zero-order chi connectivity index (χ0) is 21.0. The zero-order valence-corrected chi connectivity index (χ0v) is 18.5. The molecule has 0 amide bonds. The molecule has 0 saturated carbocycles. The highest BCUT2D eigenvalue weighted by atomic mass is 31.2. The molecule has 28 heavy (non-hydrogen) atoms. The second-order valence-corrected chi connectivity index (χ2v) is 10.8. The molecule has 0 aliphatic rings. The molecule has 6 nitrogen and oxygen atoms in total. The van der Waals surface area contributed by atoms with E-state index in [1.54, 1.807) is 12.1 Å². The Morgan fingerprint density at radius 2 is 1.18 bits per heavy atom. The predicted octanol–water partition coefficient (Wildman–Crippen LogP) is 5.80. The molecule has 1 aromatic carbocycles. The fraction of sp³-hybridized carbons (Fsp3) is 0.600. The van der Waals surface area contributed by atoms with Crippen LogP contribution in [-0.4, -0.2) is 19.6 Å². The van der Waals surface area contributed by atoms with Gasteiger partial charge in [-0.25, -0.2) is 0 Å². The lowest BCUT2D eigenvalue weighted by atomic mass is 10.0. The molecule has 0 saturated heterocycles. The second kappa shape index (κ2) is 12.7. The molecule has 0 radical (unpaired) electrons. The van der Waals surface area contributed by atoms with Crippen molar-refractivity contribution < 1.29 is 28.7 Å². The van der Waals surface area contributed by atoms with Crippen LogP contribution in [0.15, 0.2) is 29.3 Å². The van der Waals surface area contributed by atoms with Crippen molar-refractivity contribution in [3.05, 3.63) is 40.4 Å². The lowest BCUT2D eigenvalue weighted by Gasteiger charge is -2.11. The van der Waals surface area contributed by atoms with Gasteiger partial charge in [0.1, 0.15) is 0 Å². The highest BCUT2D eigenvalue weighted by Crippen LogP contribution is 2.64. The standard InChI is InChI=1S/C20H34O6P2/c1-2-3-4-5-6-7-8-9-10-11-12-18-13-15-19(16-14-18)17-20(27(21,22)23)28(24,25)26/h13-17H,2-12H2,1H3,(H2,21,22,23)(H2,24,25,26). The molecule has 0 heterocycles. The van der Waals surface area contributed by atoms with Crippen molar-refractivity contribution in [1.29, 1.82) is 0 Å². The van der Waals surface area contributed by atoms with Gasteiger partial charge in [-0.15, -0.1) is 0 Å². The first-order valence-corrected chi connectivity index (χ1v) is 13.3. The van der Waals surface area contributed by atoms with E-state index in [1.165, 1.54) is 57.8 Å². The Balaban J connectivity index is 2.38. The summed E-state index contributed by atoms with van der Waals surface area (Å²) in [5.41, 5.74) is 1.46. The van der Waals surface area contributed by atoms with Crippen LogP contribution in [-0.2, 0) is 15.6 Å². The molecule has 160 valence electrons. The zero-order valence-electron chi connectivity index (χ0n) is 16.7. The first-order valence-electron chi connectivity index (χ1n) is 10.1. The number of rotatable bonds is 14. The fourth-order valence-corrected chi connectivity index (χ4v) is 5.08. The number of aryl methyl sites for hydroxylation is 1. The predicted molar refractivity (Wildman–Crippen MR) is 114 cm³/mol. The topological polar surface area (TPSA) is 115 Å². The van der Waals surface area contributed by atoms with E-state index in [1.807, 2.05) is 12.1 Å². The van der Waals surface area contributed by atoms with Gasteiger partial charge in [-0.1, -0.05) is 89.0 Å². The third-order valence-corrected chi connectivity index (χ3v) is 7.71. The molecule has 0 atom stereocenters. The van der Waals surface area contributed by atoms with Crippen LogP contribution >= 0.6 is 15.2 Å². The maximum Gasteiger partial charge on any atom is 0.364 e. The minimum absolute atomic E-state index is 0.355. The number of benzene rings is 1. The third-order valence-electron chi connectivity index (χ3n) is 4.69. The summed E-state index contributed by atoms with van der Waals surface area (Å²) in [5.74, 6) is 0. The van der Waals surface area contributed by atoms with Crippen molar-refractivity contribution in [1.82, 2.24) is 0 Å². The summed E-state index contributed by atoms with van der Waals surface area (Å²) in [6.45, 7) is 2.23. The Morgan fingerprint density at radius 3 is 1.61 bits per heavy atom. The highest BCUT2D eigenvalue weighted by Gasteiger charge is 2.35. The average Bonchev–Trinajstić information content (AvgIpc) is 2.60. The first kappa shape index (κ1) is 25.3. The maximum absolute atomic E-state index is 11.3. The van der Waals surface area contributed by atoms with Gasteiger partial charge < -0.3 is 19.6 Å². The Morgan fingerprint density at radius 1 is 0.750 bits per heavy atom. The van der Waals surface area contributed by atoms with E-state index >= 15 is 0 Å². The van der Waals surface area contributed by atoms with Gasteiger partial charge in [0.05, 0.1) is 0 Å². The van der Waals surface area contributed by atoms with E-state index in [4.69, 9.17) is 19.6 Å². The minimum atomic E-state index is -5.02. The minimum Gasteiger partial charge on any atom is -0.321 e. The van der Waals surface area contributed by atoms with Crippen LogP contribution < -0.4 is 0 Å². The van der Waals surface area contributed by atoms with Crippen LogP contribution in [0.25, 0.3) is 6.08 Å². The second-order valence-electron chi connectivity index (χ2n) is 7.26. The molecule has 0 fully saturated rings. The average molecular weight is 432 g/mol. The SMILES string of the molecule is CCCCCCCCCCCCc1ccc(C=C(P(=O)(O)O)P(=O)(O)O)cc1. The summed E-state index contributed by atoms with van der Waals surface area (Å²) in [4.78, 5) is 36.6. The smallest absolute Gasteiger partial charge is 0.321 e. The molecule has 0 aliphatic heterocycles. The van der Waals surface area contributed by atoms with E-state index in [9.17, 15) is 9.13 Å². The molecule has 4 N–H and O–H groups in total. The summed E-state index contributed by atoms with van der Waals surface area (Å²) in [7, 11) is -10.0. The summed E-state index contributed by atoms with van der Waals surface area (Å²) >= 11 is 0. The molecule has 1 aromatic rings. The van der Waals surface area contributed by atoms with Crippen molar-refractivity contribution in [2.45, 2.75) is 77.6 Å². The summed E-state index contributed by atoms with van der Waals surface area (Å²) < 4.78 is 22.6. The summed E-state index contributed by atoms with van der Waals surface area (Å²) in [5, 5.41) is -1.15. The normalized spacial score (nSPS) is 12.2. The lowest BCUT2D eigenvalue weighted by molar-refractivity contribution is 0.368. The molecule has 8 heteroatoms. The van der Waals surface area contributed by atoms with E-state index in [0.717, 1.165) is 24.5 Å². The van der Waals surface area contributed by atoms with Gasteiger partial charge in [-0.3, -0.25) is 9.13 Å². The summed E-state index contributed by atoms with van der Waals surface area (Å²) in [6, 6.07) is 6.90. The summed E-state index contributed by atoms with van der Waals surface area (Å²) in [6.07, 6.45) is 14.6. The Labute approximate surface area is 168 Å². The molecule has 1 rings (SSSR count). The largest absolute Gasteiger partial charge is 0.364 e. The van der Waals surface area contributed by atoms with Crippen LogP contribution in [0, 0.1) is 0 Å². The van der Waals surface area contributed by atoms with Gasteiger partial charge in [-0.2, -0.15) is 0 Å². The number of hydrogen-bond acceptors (Lipinski definition) is 2. The maximum atomic E-state index is 11.3. The molecule has 0 aliphatic carbocycles. The van der Waals surface area contributed by atoms with E-state index in [-0.39, 0.29) is 0 Å². The molecule has 0 spiro atoms. The van der Waals surface area contributed by atoms with Crippen molar-refractivity contribution in [3.63, 3.8) is 0 Å². The van der Waals surface area contributed by atoms with Crippen LogP contribution in [0.3, 0.4) is 0 Å². The Kier molecular flexibility index (Phi) is 11.5. The van der Waals surface area contributed by atoms with Gasteiger partial charge in [0.15, 0.2) is 5.06 Å². The van der Waals surface area contributed by atoms with E-state index in [0.29, 0.717) is 5.56 Å². The Bertz CT molecular complexity index is 663. The van der Waals surface area contributed by atoms with Crippen molar-refractivity contribution in [2.24, 2.45) is 0 Å². The van der Waals surface area contributed by atoms with Gasteiger partial charge in [0, 0.05) is 0 Å². The lowest BCUT2D eigenvalue weighted by Crippen LogP contribution is -1.90. The van der Waals surface area contributed by atoms with Gasteiger partial charge in [0.25, 0.3) is 0 Å². The van der Waals surface area contributed by atoms with Crippen LogP contribution in [0.2, 0.25) is 0 Å². The fourth-order valence-electron chi connectivity index (χ4n) is 3.08.